The van der Waals surface area contributed by atoms with Crippen molar-refractivity contribution in [1.82, 2.24) is 10.6 Å². The summed E-state index contributed by atoms with van der Waals surface area (Å²) in [6, 6.07) is 4.75. The van der Waals surface area contributed by atoms with E-state index in [2.05, 4.69) is 10.6 Å². The van der Waals surface area contributed by atoms with E-state index in [9.17, 15) is 18.8 Å². The third-order valence-electron chi connectivity index (χ3n) is 4.87. The highest BCUT2D eigenvalue weighted by Crippen LogP contribution is 2.28. The Labute approximate surface area is 163 Å². The molecule has 7 nitrogen and oxygen atoms in total. The third kappa shape index (κ3) is 6.38. The molecule has 1 heterocycles. The molecular formula is C20H27FN2O5. The normalized spacial score (nSPS) is 21.5. The monoisotopic (exact) mass is 394 g/mol. The second-order valence-corrected chi connectivity index (χ2v) is 7.11. The van der Waals surface area contributed by atoms with E-state index in [1.54, 1.807) is 25.1 Å². The number of carboxylic acid groups (broad SMARTS) is 1. The average molecular weight is 394 g/mol. The number of carbonyl (C=O) groups excluding carboxylic acids is 2. The predicted molar refractivity (Wildman–Crippen MR) is 100 cm³/mol. The van der Waals surface area contributed by atoms with Gasteiger partial charge in [-0.1, -0.05) is 18.2 Å². The van der Waals surface area contributed by atoms with Crippen LogP contribution in [0.2, 0.25) is 0 Å². The lowest BCUT2D eigenvalue weighted by atomic mass is 9.94. The van der Waals surface area contributed by atoms with Crippen LogP contribution >= 0.6 is 0 Å². The molecule has 0 bridgehead atoms. The summed E-state index contributed by atoms with van der Waals surface area (Å²) in [6.45, 7) is 2.16. The number of rotatable bonds is 10. The van der Waals surface area contributed by atoms with E-state index in [1.807, 2.05) is 0 Å². The highest BCUT2D eigenvalue weighted by atomic mass is 19.1. The molecule has 0 saturated carbocycles. The lowest BCUT2D eigenvalue weighted by Gasteiger charge is -2.40. The molecule has 3 N–H and O–H groups in total. The molecule has 154 valence electrons. The summed E-state index contributed by atoms with van der Waals surface area (Å²) >= 11 is 0. The topological polar surface area (TPSA) is 105 Å². The third-order valence-corrected chi connectivity index (χ3v) is 4.87. The second kappa shape index (κ2) is 10.3. The Morgan fingerprint density at radius 2 is 2.11 bits per heavy atom. The molecule has 28 heavy (non-hydrogen) atoms. The first-order valence-corrected chi connectivity index (χ1v) is 9.48. The Morgan fingerprint density at radius 3 is 2.71 bits per heavy atom. The molecule has 0 radical (unpaired) electrons. The van der Waals surface area contributed by atoms with E-state index < -0.39 is 36.1 Å². The molecule has 1 fully saturated rings. The van der Waals surface area contributed by atoms with Gasteiger partial charge >= 0.3 is 5.97 Å². The zero-order chi connectivity index (χ0) is 20.6. The number of ether oxygens (including phenoxy) is 1. The first-order valence-electron chi connectivity index (χ1n) is 9.48. The van der Waals surface area contributed by atoms with Crippen LogP contribution in [0.25, 0.3) is 0 Å². The smallest absolute Gasteiger partial charge is 0.305 e. The summed E-state index contributed by atoms with van der Waals surface area (Å²) in [6.07, 6.45) is 3.36. The summed E-state index contributed by atoms with van der Waals surface area (Å²) in [5, 5.41) is 14.4. The van der Waals surface area contributed by atoms with E-state index in [0.29, 0.717) is 37.7 Å². The molecule has 1 unspecified atom stereocenters. The molecule has 2 rings (SSSR count). The molecule has 1 aromatic rings. The van der Waals surface area contributed by atoms with Gasteiger partial charge in [-0.15, -0.1) is 0 Å². The van der Waals surface area contributed by atoms with Crippen LogP contribution in [0.1, 0.15) is 44.6 Å². The molecule has 1 amide bonds. The Morgan fingerprint density at radius 1 is 1.36 bits per heavy atom. The number of amides is 1. The quantitative estimate of drug-likeness (QED) is 0.523. The van der Waals surface area contributed by atoms with Gasteiger partial charge in [0.1, 0.15) is 17.8 Å². The first-order chi connectivity index (χ1) is 13.3. The van der Waals surface area contributed by atoms with Gasteiger partial charge in [0.05, 0.1) is 18.5 Å². The Balaban J connectivity index is 2.01. The molecular weight excluding hydrogens is 367 g/mol. The van der Waals surface area contributed by atoms with Crippen molar-refractivity contribution >= 4 is 18.2 Å². The van der Waals surface area contributed by atoms with Gasteiger partial charge in [0, 0.05) is 6.61 Å². The molecule has 1 aliphatic heterocycles. The van der Waals surface area contributed by atoms with Crippen LogP contribution in [0.3, 0.4) is 0 Å². The molecule has 1 aliphatic rings. The Kier molecular flexibility index (Phi) is 8.07. The Hall–Kier alpha value is -2.32. The van der Waals surface area contributed by atoms with E-state index in [0.717, 1.165) is 12.8 Å². The first kappa shape index (κ1) is 22.0. The summed E-state index contributed by atoms with van der Waals surface area (Å²) in [5.41, 5.74) is -0.196. The number of hydrogen-bond donors (Lipinski definition) is 3. The number of aliphatic carboxylic acids is 1. The van der Waals surface area contributed by atoms with Crippen LogP contribution in [-0.4, -0.2) is 47.7 Å². The number of halogens is 1. The molecule has 3 atom stereocenters. The number of aryl methyl sites for hydroxylation is 1. The summed E-state index contributed by atoms with van der Waals surface area (Å²) < 4.78 is 19.9. The minimum atomic E-state index is -1.17. The SMILES string of the molecule is C[C@H](NC1(CCc2ccccc2F)CCCCO1)C(=O)N[C@H](C=O)CC(=O)O. The van der Waals surface area contributed by atoms with Gasteiger partial charge in [0.2, 0.25) is 5.91 Å². The van der Waals surface area contributed by atoms with Crippen LogP contribution in [0, 0.1) is 5.82 Å². The largest absolute Gasteiger partial charge is 0.481 e. The van der Waals surface area contributed by atoms with Gasteiger partial charge in [-0.2, -0.15) is 0 Å². The minimum Gasteiger partial charge on any atom is -0.481 e. The molecule has 0 aliphatic carbocycles. The number of aldehydes is 1. The zero-order valence-corrected chi connectivity index (χ0v) is 15.9. The lowest BCUT2D eigenvalue weighted by Crippen LogP contribution is -2.58. The number of carboxylic acids is 1. The van der Waals surface area contributed by atoms with Crippen LogP contribution in [-0.2, 0) is 25.5 Å². The van der Waals surface area contributed by atoms with Crippen molar-refractivity contribution < 1.29 is 28.6 Å². The fourth-order valence-electron chi connectivity index (χ4n) is 3.36. The number of nitrogens with one attached hydrogen (secondary N) is 2. The van der Waals surface area contributed by atoms with Crippen molar-refractivity contribution in [3.05, 3.63) is 35.6 Å². The highest BCUT2D eigenvalue weighted by Gasteiger charge is 2.36. The van der Waals surface area contributed by atoms with Crippen molar-refractivity contribution in [2.75, 3.05) is 6.61 Å². The van der Waals surface area contributed by atoms with Crippen molar-refractivity contribution in [3.63, 3.8) is 0 Å². The van der Waals surface area contributed by atoms with Crippen LogP contribution in [0.5, 0.6) is 0 Å². The molecule has 0 aromatic heterocycles. The summed E-state index contributed by atoms with van der Waals surface area (Å²) in [7, 11) is 0. The average Bonchev–Trinajstić information content (AvgIpc) is 2.67. The molecule has 8 heteroatoms. The zero-order valence-electron chi connectivity index (χ0n) is 15.9. The van der Waals surface area contributed by atoms with E-state index >= 15 is 0 Å². The van der Waals surface area contributed by atoms with Gasteiger partial charge in [0.15, 0.2) is 0 Å². The van der Waals surface area contributed by atoms with Crippen LogP contribution < -0.4 is 10.6 Å². The highest BCUT2D eigenvalue weighted by molar-refractivity contribution is 5.85. The maximum atomic E-state index is 13.9. The van der Waals surface area contributed by atoms with Gasteiger partial charge in [-0.25, -0.2) is 4.39 Å². The van der Waals surface area contributed by atoms with Crippen molar-refractivity contribution in [1.29, 1.82) is 0 Å². The predicted octanol–water partition coefficient (Wildman–Crippen LogP) is 1.79. The fraction of sp³-hybridized carbons (Fsp3) is 0.550. The van der Waals surface area contributed by atoms with E-state index in [1.165, 1.54) is 6.07 Å². The van der Waals surface area contributed by atoms with Gasteiger partial charge in [-0.05, 0) is 50.7 Å². The number of carbonyl (C=O) groups is 3. The lowest BCUT2D eigenvalue weighted by molar-refractivity contribution is -0.140. The Bertz CT molecular complexity index is 691. The van der Waals surface area contributed by atoms with Gasteiger partial charge in [-0.3, -0.25) is 14.9 Å². The summed E-state index contributed by atoms with van der Waals surface area (Å²) in [5.74, 6) is -1.94. The minimum absolute atomic E-state index is 0.276. The number of benzene rings is 1. The summed E-state index contributed by atoms with van der Waals surface area (Å²) in [4.78, 5) is 34.1. The van der Waals surface area contributed by atoms with Crippen LogP contribution in [0.4, 0.5) is 4.39 Å². The maximum Gasteiger partial charge on any atom is 0.305 e. The fourth-order valence-corrected chi connectivity index (χ4v) is 3.36. The van der Waals surface area contributed by atoms with Crippen LogP contribution in [0.15, 0.2) is 24.3 Å². The maximum absolute atomic E-state index is 13.9. The standard InChI is InChI=1S/C20H27FN2O5/c1-14(19(27)22-16(13-24)12-18(25)26)23-20(9-4-5-11-28-20)10-8-15-6-2-3-7-17(15)21/h2-3,6-7,13-14,16,23H,4-5,8-12H2,1H3,(H,22,27)(H,25,26)/t14-,16-,20?/m0/s1. The van der Waals surface area contributed by atoms with E-state index in [-0.39, 0.29) is 5.82 Å². The molecule has 0 spiro atoms. The number of hydrogen-bond acceptors (Lipinski definition) is 5. The van der Waals surface area contributed by atoms with Gasteiger partial charge < -0.3 is 20.0 Å². The van der Waals surface area contributed by atoms with E-state index in [4.69, 9.17) is 9.84 Å². The van der Waals surface area contributed by atoms with Crippen molar-refractivity contribution in [2.24, 2.45) is 0 Å². The second-order valence-electron chi connectivity index (χ2n) is 7.11. The van der Waals surface area contributed by atoms with Gasteiger partial charge in [0.25, 0.3) is 0 Å². The molecule has 1 saturated heterocycles. The van der Waals surface area contributed by atoms with Crippen molar-refractivity contribution in [3.8, 4) is 0 Å². The molecule has 1 aromatic carbocycles. The van der Waals surface area contributed by atoms with Crippen molar-refractivity contribution in [2.45, 2.75) is 63.3 Å².